The summed E-state index contributed by atoms with van der Waals surface area (Å²) in [5.41, 5.74) is 2.02. The van der Waals surface area contributed by atoms with Crippen LogP contribution in [0.4, 0.5) is 0 Å². The van der Waals surface area contributed by atoms with Gasteiger partial charge in [0.2, 0.25) is 0 Å². The van der Waals surface area contributed by atoms with Crippen molar-refractivity contribution in [3.63, 3.8) is 0 Å². The first kappa shape index (κ1) is 15.3. The highest BCUT2D eigenvalue weighted by Gasteiger charge is 2.07. The molecule has 0 aliphatic carbocycles. The number of benzene rings is 1. The molecule has 2 rings (SSSR count). The summed E-state index contributed by atoms with van der Waals surface area (Å²) in [7, 11) is 1.66. The minimum Gasteiger partial charge on any atom is -0.497 e. The van der Waals surface area contributed by atoms with Crippen molar-refractivity contribution in [2.75, 3.05) is 7.11 Å². The zero-order valence-corrected chi connectivity index (χ0v) is 12.8. The molecule has 1 N–H and O–H groups in total. The van der Waals surface area contributed by atoms with E-state index in [1.54, 1.807) is 13.3 Å². The molecule has 1 heterocycles. The number of ether oxygens (including phenoxy) is 2. The monoisotopic (exact) mass is 286 g/mol. The van der Waals surface area contributed by atoms with Crippen molar-refractivity contribution in [1.82, 2.24) is 10.3 Å². The minimum absolute atomic E-state index is 0.427. The molecule has 0 fully saturated rings. The van der Waals surface area contributed by atoms with E-state index in [0.29, 0.717) is 12.6 Å². The Morgan fingerprint density at radius 2 is 2.05 bits per heavy atom. The number of pyridine rings is 1. The molecule has 112 valence electrons. The highest BCUT2D eigenvalue weighted by atomic mass is 16.5. The predicted octanol–water partition coefficient (Wildman–Crippen LogP) is 3.17. The van der Waals surface area contributed by atoms with E-state index in [0.717, 1.165) is 29.3 Å². The van der Waals surface area contributed by atoms with E-state index in [4.69, 9.17) is 9.47 Å². The van der Waals surface area contributed by atoms with Crippen molar-refractivity contribution >= 4 is 0 Å². The van der Waals surface area contributed by atoms with Crippen LogP contribution in [0.1, 0.15) is 25.1 Å². The summed E-state index contributed by atoms with van der Waals surface area (Å²) in [6, 6.07) is 12.1. The fraction of sp³-hybridized carbons (Fsp3) is 0.353. The quantitative estimate of drug-likeness (QED) is 0.849. The van der Waals surface area contributed by atoms with Gasteiger partial charge in [-0.15, -0.1) is 0 Å². The molecule has 0 atom stereocenters. The maximum Gasteiger partial charge on any atom is 0.130 e. The number of hydrogen-bond acceptors (Lipinski definition) is 4. The van der Waals surface area contributed by atoms with E-state index in [-0.39, 0.29) is 0 Å². The van der Waals surface area contributed by atoms with Gasteiger partial charge in [-0.1, -0.05) is 26.0 Å². The highest BCUT2D eigenvalue weighted by molar-refractivity contribution is 5.40. The molecular weight excluding hydrogens is 264 g/mol. The molecule has 0 unspecified atom stereocenters. The van der Waals surface area contributed by atoms with E-state index < -0.39 is 0 Å². The SMILES string of the molecule is COc1ccc(CNC(C)C)c(OCc2ccccn2)c1. The number of hydrogen-bond donors (Lipinski definition) is 1. The van der Waals surface area contributed by atoms with Gasteiger partial charge in [-0.2, -0.15) is 0 Å². The molecule has 0 aliphatic rings. The van der Waals surface area contributed by atoms with Gasteiger partial charge in [0.25, 0.3) is 0 Å². The molecule has 2 aromatic rings. The van der Waals surface area contributed by atoms with Crippen molar-refractivity contribution < 1.29 is 9.47 Å². The molecule has 0 bridgehead atoms. The summed E-state index contributed by atoms with van der Waals surface area (Å²) in [5, 5.41) is 3.40. The lowest BCUT2D eigenvalue weighted by molar-refractivity contribution is 0.294. The topological polar surface area (TPSA) is 43.4 Å². The zero-order valence-electron chi connectivity index (χ0n) is 12.8. The number of methoxy groups -OCH3 is 1. The maximum atomic E-state index is 5.92. The standard InChI is InChI=1S/C17H22N2O2/c1-13(2)19-11-14-7-8-16(20-3)10-17(14)21-12-15-6-4-5-9-18-15/h4-10,13,19H,11-12H2,1-3H3. The Kier molecular flexibility index (Phi) is 5.58. The van der Waals surface area contributed by atoms with E-state index >= 15 is 0 Å². The Bertz CT molecular complexity index is 556. The molecule has 0 radical (unpaired) electrons. The van der Waals surface area contributed by atoms with Crippen LogP contribution >= 0.6 is 0 Å². The van der Waals surface area contributed by atoms with Gasteiger partial charge in [0.15, 0.2) is 0 Å². The average molecular weight is 286 g/mol. The van der Waals surface area contributed by atoms with Crippen LogP contribution in [-0.2, 0) is 13.2 Å². The molecule has 0 spiro atoms. The summed E-state index contributed by atoms with van der Waals surface area (Å²) in [6.07, 6.45) is 1.77. The smallest absolute Gasteiger partial charge is 0.130 e. The van der Waals surface area contributed by atoms with E-state index in [1.165, 1.54) is 0 Å². The fourth-order valence-corrected chi connectivity index (χ4v) is 1.89. The van der Waals surface area contributed by atoms with Crippen LogP contribution in [-0.4, -0.2) is 18.1 Å². The summed E-state index contributed by atoms with van der Waals surface area (Å²) in [5.74, 6) is 1.62. The maximum absolute atomic E-state index is 5.92. The predicted molar refractivity (Wildman–Crippen MR) is 83.5 cm³/mol. The third-order valence-electron chi connectivity index (χ3n) is 3.08. The molecule has 4 heteroatoms. The van der Waals surface area contributed by atoms with Gasteiger partial charge >= 0.3 is 0 Å². The van der Waals surface area contributed by atoms with Crippen molar-refractivity contribution in [1.29, 1.82) is 0 Å². The van der Waals surface area contributed by atoms with E-state index in [2.05, 4.69) is 24.1 Å². The zero-order chi connectivity index (χ0) is 15.1. The Morgan fingerprint density at radius 1 is 1.19 bits per heavy atom. The first-order chi connectivity index (χ1) is 10.2. The van der Waals surface area contributed by atoms with Gasteiger partial charge in [-0.05, 0) is 18.2 Å². The van der Waals surface area contributed by atoms with Crippen molar-refractivity contribution in [2.45, 2.75) is 33.0 Å². The van der Waals surface area contributed by atoms with Crippen LogP contribution in [0.2, 0.25) is 0 Å². The molecule has 4 nitrogen and oxygen atoms in total. The first-order valence-corrected chi connectivity index (χ1v) is 7.12. The molecule has 1 aromatic heterocycles. The van der Waals surface area contributed by atoms with Crippen molar-refractivity contribution in [3.05, 3.63) is 53.9 Å². The molecule has 0 saturated heterocycles. The average Bonchev–Trinajstić information content (AvgIpc) is 2.52. The normalized spacial score (nSPS) is 10.7. The van der Waals surface area contributed by atoms with Crippen LogP contribution in [0.15, 0.2) is 42.6 Å². The van der Waals surface area contributed by atoms with Crippen LogP contribution < -0.4 is 14.8 Å². The first-order valence-electron chi connectivity index (χ1n) is 7.12. The Labute approximate surface area is 126 Å². The lowest BCUT2D eigenvalue weighted by Crippen LogP contribution is -2.22. The number of rotatable bonds is 7. The number of nitrogens with zero attached hydrogens (tertiary/aromatic N) is 1. The van der Waals surface area contributed by atoms with E-state index in [1.807, 2.05) is 36.4 Å². The van der Waals surface area contributed by atoms with Gasteiger partial charge in [-0.25, -0.2) is 0 Å². The molecule has 0 saturated carbocycles. The molecule has 21 heavy (non-hydrogen) atoms. The second-order valence-electron chi connectivity index (χ2n) is 5.12. The second kappa shape index (κ2) is 7.64. The Morgan fingerprint density at radius 3 is 2.71 bits per heavy atom. The van der Waals surface area contributed by atoms with Crippen molar-refractivity contribution in [3.8, 4) is 11.5 Å². The molecule has 1 aromatic carbocycles. The van der Waals surface area contributed by atoms with Crippen LogP contribution in [0.5, 0.6) is 11.5 Å². The van der Waals surface area contributed by atoms with E-state index in [9.17, 15) is 0 Å². The number of aromatic nitrogens is 1. The third kappa shape index (κ3) is 4.76. The van der Waals surface area contributed by atoms with Crippen LogP contribution in [0.3, 0.4) is 0 Å². The summed E-state index contributed by atoms with van der Waals surface area (Å²) >= 11 is 0. The summed E-state index contributed by atoms with van der Waals surface area (Å²) in [4.78, 5) is 4.27. The van der Waals surface area contributed by atoms with Gasteiger partial charge < -0.3 is 14.8 Å². The lowest BCUT2D eigenvalue weighted by Gasteiger charge is -2.14. The largest absolute Gasteiger partial charge is 0.497 e. The van der Waals surface area contributed by atoms with Crippen LogP contribution in [0.25, 0.3) is 0 Å². The summed E-state index contributed by atoms with van der Waals surface area (Å²) in [6.45, 7) is 5.46. The van der Waals surface area contributed by atoms with Gasteiger partial charge in [-0.3, -0.25) is 4.98 Å². The third-order valence-corrected chi connectivity index (χ3v) is 3.08. The summed E-state index contributed by atoms with van der Waals surface area (Å²) < 4.78 is 11.2. The molecule has 0 aliphatic heterocycles. The van der Waals surface area contributed by atoms with Gasteiger partial charge in [0, 0.05) is 30.4 Å². The Balaban J connectivity index is 2.10. The minimum atomic E-state index is 0.427. The highest BCUT2D eigenvalue weighted by Crippen LogP contribution is 2.25. The van der Waals surface area contributed by atoms with Gasteiger partial charge in [0.05, 0.1) is 12.8 Å². The molecule has 0 amide bonds. The Hall–Kier alpha value is -2.07. The van der Waals surface area contributed by atoms with Crippen LogP contribution in [0, 0.1) is 0 Å². The fourth-order valence-electron chi connectivity index (χ4n) is 1.89. The second-order valence-corrected chi connectivity index (χ2v) is 5.12. The van der Waals surface area contributed by atoms with Crippen molar-refractivity contribution in [2.24, 2.45) is 0 Å². The van der Waals surface area contributed by atoms with Gasteiger partial charge in [0.1, 0.15) is 18.1 Å². The number of nitrogens with one attached hydrogen (secondary N) is 1. The molecular formula is C17H22N2O2. The lowest BCUT2D eigenvalue weighted by atomic mass is 10.2.